The Bertz CT molecular complexity index is 751. The van der Waals surface area contributed by atoms with Gasteiger partial charge >= 0.3 is 5.97 Å². The lowest BCUT2D eigenvalue weighted by atomic mass is 10.0. The Kier molecular flexibility index (Phi) is 5.36. The van der Waals surface area contributed by atoms with Crippen molar-refractivity contribution in [1.29, 1.82) is 0 Å². The van der Waals surface area contributed by atoms with Crippen molar-refractivity contribution >= 4 is 29.5 Å². The maximum atomic E-state index is 12.4. The van der Waals surface area contributed by atoms with Crippen molar-refractivity contribution in [1.82, 2.24) is 10.2 Å². The Labute approximate surface area is 154 Å². The second-order valence-electron chi connectivity index (χ2n) is 5.57. The number of ether oxygens (including phenoxy) is 2. The van der Waals surface area contributed by atoms with Gasteiger partial charge in [-0.3, -0.25) is 14.5 Å². The van der Waals surface area contributed by atoms with E-state index in [0.717, 1.165) is 0 Å². The fourth-order valence-electron chi connectivity index (χ4n) is 2.76. The predicted octanol–water partition coefficient (Wildman–Crippen LogP) is 0.798. The second kappa shape index (κ2) is 7.69. The maximum absolute atomic E-state index is 12.4. The van der Waals surface area contributed by atoms with Gasteiger partial charge in [0, 0.05) is 0 Å². The molecule has 3 rings (SSSR count). The number of para-hydroxylation sites is 1. The molecular weight excluding hydrogens is 360 g/mol. The van der Waals surface area contributed by atoms with Crippen molar-refractivity contribution < 1.29 is 29.0 Å². The van der Waals surface area contributed by atoms with Crippen LogP contribution < -0.4 is 10.1 Å². The first-order valence-electron chi connectivity index (χ1n) is 8.04. The Morgan fingerprint density at radius 1 is 1.31 bits per heavy atom. The number of thioether (sulfide) groups is 1. The van der Waals surface area contributed by atoms with Gasteiger partial charge in [-0.1, -0.05) is 18.2 Å². The molecule has 2 aliphatic rings. The van der Waals surface area contributed by atoms with Gasteiger partial charge in [-0.05, 0) is 19.1 Å². The van der Waals surface area contributed by atoms with Crippen LogP contribution in [0.15, 0.2) is 41.8 Å². The third-order valence-corrected chi connectivity index (χ3v) is 5.14. The highest BCUT2D eigenvalue weighted by atomic mass is 32.2. The lowest BCUT2D eigenvalue weighted by Crippen LogP contribution is -2.70. The molecule has 1 unspecified atom stereocenters. The number of carboxylic acids is 1. The molecule has 2 N–H and O–H groups in total. The highest BCUT2D eigenvalue weighted by Gasteiger charge is 2.54. The molecule has 26 heavy (non-hydrogen) atoms. The minimum atomic E-state index is -1.22. The van der Waals surface area contributed by atoms with Crippen LogP contribution in [0, 0.1) is 0 Å². The molecule has 0 aromatic heterocycles. The zero-order valence-electron chi connectivity index (χ0n) is 14.0. The summed E-state index contributed by atoms with van der Waals surface area (Å²) in [6.45, 7) is 1.84. The highest BCUT2D eigenvalue weighted by Crippen LogP contribution is 2.40. The fraction of sp³-hybridized carbons (Fsp3) is 0.353. The van der Waals surface area contributed by atoms with Crippen LogP contribution in [-0.2, 0) is 19.1 Å². The first kappa shape index (κ1) is 18.1. The Morgan fingerprint density at radius 3 is 2.69 bits per heavy atom. The van der Waals surface area contributed by atoms with Gasteiger partial charge in [0.15, 0.2) is 12.3 Å². The van der Waals surface area contributed by atoms with E-state index in [0.29, 0.717) is 18.1 Å². The molecule has 0 saturated carbocycles. The second-order valence-corrected chi connectivity index (χ2v) is 6.67. The van der Waals surface area contributed by atoms with Gasteiger partial charge < -0.3 is 19.9 Å². The molecule has 1 fully saturated rings. The van der Waals surface area contributed by atoms with E-state index in [1.165, 1.54) is 16.7 Å². The molecule has 8 nitrogen and oxygen atoms in total. The number of fused-ring (bicyclic) bond motifs is 1. The van der Waals surface area contributed by atoms with Crippen molar-refractivity contribution in [2.45, 2.75) is 18.3 Å². The molecule has 2 atom stereocenters. The average Bonchev–Trinajstić information content (AvgIpc) is 2.65. The molecule has 0 bridgehead atoms. The van der Waals surface area contributed by atoms with E-state index in [-0.39, 0.29) is 18.1 Å². The van der Waals surface area contributed by atoms with Gasteiger partial charge in [0.1, 0.15) is 22.9 Å². The Hall–Kier alpha value is -2.68. The monoisotopic (exact) mass is 378 g/mol. The number of nitrogens with one attached hydrogen (secondary N) is 1. The van der Waals surface area contributed by atoms with Crippen LogP contribution in [0.3, 0.4) is 0 Å². The molecule has 9 heteroatoms. The number of rotatable bonds is 7. The molecule has 2 amide bonds. The number of carbonyl (C=O) groups is 3. The average molecular weight is 378 g/mol. The van der Waals surface area contributed by atoms with Gasteiger partial charge in [-0.15, -0.1) is 11.8 Å². The normalized spacial score (nSPS) is 21.6. The van der Waals surface area contributed by atoms with Crippen molar-refractivity contribution in [2.24, 2.45) is 0 Å². The molecule has 1 aromatic carbocycles. The summed E-state index contributed by atoms with van der Waals surface area (Å²) in [5.74, 6) is -0.977. The third kappa shape index (κ3) is 3.48. The smallest absolute Gasteiger partial charge is 0.356 e. The Morgan fingerprint density at radius 2 is 2.04 bits per heavy atom. The number of carbonyl (C=O) groups excluding carboxylic acids is 2. The fourth-order valence-corrected chi connectivity index (χ4v) is 4.03. The van der Waals surface area contributed by atoms with E-state index in [1.807, 2.05) is 6.07 Å². The van der Waals surface area contributed by atoms with Gasteiger partial charge in [-0.25, -0.2) is 4.79 Å². The topological polar surface area (TPSA) is 105 Å². The maximum Gasteiger partial charge on any atom is 0.356 e. The summed E-state index contributed by atoms with van der Waals surface area (Å²) in [4.78, 5) is 37.1. The van der Waals surface area contributed by atoms with Crippen LogP contribution in [0.2, 0.25) is 0 Å². The van der Waals surface area contributed by atoms with E-state index >= 15 is 0 Å². The summed E-state index contributed by atoms with van der Waals surface area (Å²) in [6.07, 6.45) is 0. The van der Waals surface area contributed by atoms with Crippen molar-refractivity contribution in [3.63, 3.8) is 0 Å². The van der Waals surface area contributed by atoms with Crippen LogP contribution in [-0.4, -0.2) is 58.2 Å². The summed E-state index contributed by atoms with van der Waals surface area (Å²) in [7, 11) is 0. The Balaban J connectivity index is 1.61. The van der Waals surface area contributed by atoms with Crippen molar-refractivity contribution in [2.75, 3.05) is 19.0 Å². The molecule has 1 saturated heterocycles. The number of benzene rings is 1. The summed E-state index contributed by atoms with van der Waals surface area (Å²) >= 11 is 1.35. The number of aliphatic carboxylic acids is 1. The first-order chi connectivity index (χ1) is 12.5. The molecule has 138 valence electrons. The highest BCUT2D eigenvalue weighted by molar-refractivity contribution is 8.00. The molecule has 1 aromatic rings. The third-order valence-electron chi connectivity index (χ3n) is 3.88. The van der Waals surface area contributed by atoms with E-state index in [1.54, 1.807) is 31.2 Å². The van der Waals surface area contributed by atoms with Gasteiger partial charge in [0.2, 0.25) is 0 Å². The van der Waals surface area contributed by atoms with Crippen LogP contribution >= 0.6 is 11.8 Å². The summed E-state index contributed by atoms with van der Waals surface area (Å²) in [5, 5.41) is 11.6. The van der Waals surface area contributed by atoms with E-state index in [4.69, 9.17) is 9.47 Å². The zero-order chi connectivity index (χ0) is 18.7. The van der Waals surface area contributed by atoms with Crippen molar-refractivity contribution in [3.05, 3.63) is 41.8 Å². The van der Waals surface area contributed by atoms with Gasteiger partial charge in [0.05, 0.1) is 12.4 Å². The van der Waals surface area contributed by atoms with Crippen molar-refractivity contribution in [3.8, 4) is 5.75 Å². The molecule has 2 aliphatic heterocycles. The molecule has 0 aliphatic carbocycles. The van der Waals surface area contributed by atoms with E-state index < -0.39 is 29.2 Å². The standard InChI is InChI=1S/C17H18N2O6S/c1-2-24-11-9-26-16-13(15(21)19(16)14(11)17(22)23)18-12(20)8-25-10-6-4-3-5-7-10/h3-7,13,16H,2,8-9H2,1H3,(H,18,20)(H,22,23)/t13?,16-/m1/s1. The number of amides is 2. The van der Waals surface area contributed by atoms with Gasteiger partial charge in [-0.2, -0.15) is 0 Å². The zero-order valence-corrected chi connectivity index (χ0v) is 14.8. The van der Waals surface area contributed by atoms with Crippen LogP contribution in [0.25, 0.3) is 0 Å². The summed E-state index contributed by atoms with van der Waals surface area (Å²) in [5.41, 5.74) is -0.147. The summed E-state index contributed by atoms with van der Waals surface area (Å²) in [6, 6.07) is 8.08. The van der Waals surface area contributed by atoms with Crippen LogP contribution in [0.4, 0.5) is 0 Å². The quantitative estimate of drug-likeness (QED) is 0.676. The van der Waals surface area contributed by atoms with Crippen LogP contribution in [0.5, 0.6) is 5.75 Å². The lowest BCUT2D eigenvalue weighted by molar-refractivity contribution is -0.151. The number of hydrogen-bond donors (Lipinski definition) is 2. The van der Waals surface area contributed by atoms with E-state index in [9.17, 15) is 19.5 Å². The predicted molar refractivity (Wildman–Crippen MR) is 93.2 cm³/mol. The summed E-state index contributed by atoms with van der Waals surface area (Å²) < 4.78 is 10.7. The SMILES string of the molecule is CCOC1=C(C(=O)O)N2C(=O)C(NC(=O)COc3ccccc3)[C@H]2SC1. The lowest BCUT2D eigenvalue weighted by Gasteiger charge is -2.48. The minimum absolute atomic E-state index is 0.147. The van der Waals surface area contributed by atoms with E-state index in [2.05, 4.69) is 5.32 Å². The minimum Gasteiger partial charge on any atom is -0.495 e. The molecular formula is C17H18N2O6S. The molecule has 2 heterocycles. The number of hydrogen-bond acceptors (Lipinski definition) is 6. The number of β-lactam (4-membered cyclic amide) rings is 1. The number of carboxylic acid groups (broad SMARTS) is 1. The number of nitrogens with zero attached hydrogens (tertiary/aromatic N) is 1. The molecule has 0 radical (unpaired) electrons. The van der Waals surface area contributed by atoms with Gasteiger partial charge in [0.25, 0.3) is 11.8 Å². The van der Waals surface area contributed by atoms with Crippen LogP contribution in [0.1, 0.15) is 6.92 Å². The first-order valence-corrected chi connectivity index (χ1v) is 9.09. The molecule has 0 spiro atoms. The largest absolute Gasteiger partial charge is 0.495 e.